The molecule has 0 bridgehead atoms. The molecule has 0 aliphatic carbocycles. The summed E-state index contributed by atoms with van der Waals surface area (Å²) in [7, 11) is 3.93. The van der Waals surface area contributed by atoms with E-state index >= 15 is 0 Å². The van der Waals surface area contributed by atoms with Gasteiger partial charge in [0.1, 0.15) is 11.4 Å². The molecule has 3 heterocycles. The third kappa shape index (κ3) is 3.49. The second-order valence-electron chi connectivity index (χ2n) is 6.13. The van der Waals surface area contributed by atoms with Gasteiger partial charge in [0.25, 0.3) is 0 Å². The van der Waals surface area contributed by atoms with Crippen molar-refractivity contribution in [2.24, 2.45) is 0 Å². The first kappa shape index (κ1) is 16.3. The summed E-state index contributed by atoms with van der Waals surface area (Å²) in [4.78, 5) is 18.8. The van der Waals surface area contributed by atoms with E-state index in [-0.39, 0.29) is 18.4 Å². The number of likely N-dealkylation sites (N-methyl/N-ethyl adjacent to an activating group) is 1. The van der Waals surface area contributed by atoms with Crippen LogP contribution < -0.4 is 5.32 Å². The van der Waals surface area contributed by atoms with Crippen LogP contribution in [0.2, 0.25) is 0 Å². The van der Waals surface area contributed by atoms with Crippen molar-refractivity contribution in [3.05, 3.63) is 59.9 Å². The summed E-state index contributed by atoms with van der Waals surface area (Å²) < 4.78 is 7.40. The van der Waals surface area contributed by atoms with Gasteiger partial charge >= 0.3 is 0 Å². The van der Waals surface area contributed by atoms with Crippen LogP contribution in [0, 0.1) is 6.92 Å². The quantitative estimate of drug-likeness (QED) is 0.754. The lowest BCUT2D eigenvalue weighted by molar-refractivity contribution is -0.120. The summed E-state index contributed by atoms with van der Waals surface area (Å²) in [5, 5.41) is 2.97. The lowest BCUT2D eigenvalue weighted by Crippen LogP contribution is -2.35. The second-order valence-corrected chi connectivity index (χ2v) is 6.13. The maximum atomic E-state index is 12.3. The standard InChI is InChI=1S/C18H22N4O2/c1-13-6-4-8-22-12-14(20-18(13)22)10-17(23)19-11-15(21(2)3)16-7-5-9-24-16/h4-9,12,15H,10-11H2,1-3H3,(H,19,23)/t15-/m1/s1. The van der Waals surface area contributed by atoms with Crippen LogP contribution >= 0.6 is 0 Å². The Hall–Kier alpha value is -2.60. The van der Waals surface area contributed by atoms with Crippen LogP contribution in [-0.4, -0.2) is 40.8 Å². The minimum atomic E-state index is -0.0468. The Bertz CT molecular complexity index is 821. The Balaban J connectivity index is 1.63. The van der Waals surface area contributed by atoms with Crippen LogP contribution in [0.5, 0.6) is 0 Å². The summed E-state index contributed by atoms with van der Waals surface area (Å²) in [6, 6.07) is 7.76. The van der Waals surface area contributed by atoms with Gasteiger partial charge in [-0.2, -0.15) is 0 Å². The van der Waals surface area contributed by atoms with Gasteiger partial charge in [-0.3, -0.25) is 9.69 Å². The van der Waals surface area contributed by atoms with E-state index in [2.05, 4.69) is 10.3 Å². The minimum absolute atomic E-state index is 0.00673. The number of amides is 1. The van der Waals surface area contributed by atoms with Crippen LogP contribution in [-0.2, 0) is 11.2 Å². The number of furan rings is 1. The zero-order valence-corrected chi connectivity index (χ0v) is 14.2. The predicted octanol–water partition coefficient (Wildman–Crippen LogP) is 2.20. The average molecular weight is 326 g/mol. The molecule has 126 valence electrons. The zero-order chi connectivity index (χ0) is 17.1. The van der Waals surface area contributed by atoms with E-state index < -0.39 is 0 Å². The van der Waals surface area contributed by atoms with E-state index in [4.69, 9.17) is 4.42 Å². The van der Waals surface area contributed by atoms with Gasteiger partial charge in [0.2, 0.25) is 5.91 Å². The fraction of sp³-hybridized carbons (Fsp3) is 0.333. The number of fused-ring (bicyclic) bond motifs is 1. The number of nitrogens with zero attached hydrogens (tertiary/aromatic N) is 3. The van der Waals surface area contributed by atoms with Gasteiger partial charge in [0, 0.05) is 18.9 Å². The van der Waals surface area contributed by atoms with E-state index in [0.717, 1.165) is 22.7 Å². The van der Waals surface area contributed by atoms with E-state index in [1.165, 1.54) is 0 Å². The van der Waals surface area contributed by atoms with Crippen molar-refractivity contribution in [2.75, 3.05) is 20.6 Å². The van der Waals surface area contributed by atoms with Gasteiger partial charge in [0.15, 0.2) is 0 Å². The van der Waals surface area contributed by atoms with Gasteiger partial charge in [-0.1, -0.05) is 6.07 Å². The average Bonchev–Trinajstić information content (AvgIpc) is 3.17. The summed E-state index contributed by atoms with van der Waals surface area (Å²) in [6.07, 6.45) is 5.75. The number of pyridine rings is 1. The fourth-order valence-corrected chi connectivity index (χ4v) is 2.75. The van der Waals surface area contributed by atoms with E-state index in [1.807, 2.05) is 67.0 Å². The molecule has 3 aromatic rings. The predicted molar refractivity (Wildman–Crippen MR) is 91.8 cm³/mol. The molecule has 3 rings (SSSR count). The smallest absolute Gasteiger partial charge is 0.226 e. The molecule has 0 aliphatic rings. The SMILES string of the molecule is Cc1cccn2cc(CC(=O)NC[C@H](c3ccco3)N(C)C)nc12. The number of carbonyl (C=O) groups excluding carboxylic acids is 1. The van der Waals surface area contributed by atoms with Crippen molar-refractivity contribution >= 4 is 11.6 Å². The summed E-state index contributed by atoms with van der Waals surface area (Å²) in [5.41, 5.74) is 2.75. The van der Waals surface area contributed by atoms with E-state index in [1.54, 1.807) is 6.26 Å². The molecule has 1 N–H and O–H groups in total. The zero-order valence-electron chi connectivity index (χ0n) is 14.2. The monoisotopic (exact) mass is 326 g/mol. The first-order valence-electron chi connectivity index (χ1n) is 7.94. The molecule has 6 heteroatoms. The number of aryl methyl sites for hydroxylation is 1. The highest BCUT2D eigenvalue weighted by Crippen LogP contribution is 2.17. The minimum Gasteiger partial charge on any atom is -0.468 e. The first-order valence-corrected chi connectivity index (χ1v) is 7.94. The molecule has 0 fully saturated rings. The van der Waals surface area contributed by atoms with E-state index in [9.17, 15) is 4.79 Å². The van der Waals surface area contributed by atoms with Crippen molar-refractivity contribution in [3.8, 4) is 0 Å². The Kier molecular flexibility index (Phi) is 4.66. The van der Waals surface area contributed by atoms with Crippen LogP contribution in [0.25, 0.3) is 5.65 Å². The normalized spacial score (nSPS) is 12.7. The maximum absolute atomic E-state index is 12.3. The maximum Gasteiger partial charge on any atom is 0.226 e. The van der Waals surface area contributed by atoms with Crippen LogP contribution in [0.3, 0.4) is 0 Å². The van der Waals surface area contributed by atoms with Gasteiger partial charge in [-0.15, -0.1) is 0 Å². The van der Waals surface area contributed by atoms with Crippen molar-refractivity contribution in [1.29, 1.82) is 0 Å². The molecular formula is C18H22N4O2. The molecule has 0 saturated carbocycles. The van der Waals surface area contributed by atoms with Crippen LogP contribution in [0.15, 0.2) is 47.3 Å². The lowest BCUT2D eigenvalue weighted by atomic mass is 10.2. The topological polar surface area (TPSA) is 62.8 Å². The highest BCUT2D eigenvalue weighted by molar-refractivity contribution is 5.78. The van der Waals surface area contributed by atoms with E-state index in [0.29, 0.717) is 6.54 Å². The number of imidazole rings is 1. The number of hydrogen-bond acceptors (Lipinski definition) is 4. The molecule has 0 aliphatic heterocycles. The van der Waals surface area contributed by atoms with Crippen molar-refractivity contribution in [1.82, 2.24) is 19.6 Å². The number of carbonyl (C=O) groups is 1. The van der Waals surface area contributed by atoms with Crippen LogP contribution in [0.4, 0.5) is 0 Å². The molecule has 0 aromatic carbocycles. The molecule has 0 unspecified atom stereocenters. The Labute approximate surface area is 141 Å². The van der Waals surface area contributed by atoms with Crippen LogP contribution in [0.1, 0.15) is 23.1 Å². The first-order chi connectivity index (χ1) is 11.5. The summed E-state index contributed by atoms with van der Waals surface area (Å²) in [6.45, 7) is 2.50. The van der Waals surface area contributed by atoms with Crippen molar-refractivity contribution < 1.29 is 9.21 Å². The number of aromatic nitrogens is 2. The molecule has 1 amide bonds. The molecule has 3 aromatic heterocycles. The number of rotatable bonds is 6. The number of hydrogen-bond donors (Lipinski definition) is 1. The molecule has 0 radical (unpaired) electrons. The van der Waals surface area contributed by atoms with Gasteiger partial charge < -0.3 is 14.1 Å². The largest absolute Gasteiger partial charge is 0.468 e. The summed E-state index contributed by atoms with van der Waals surface area (Å²) in [5.74, 6) is 0.790. The third-order valence-corrected chi connectivity index (χ3v) is 4.06. The Morgan fingerprint density at radius 2 is 2.21 bits per heavy atom. The van der Waals surface area contributed by atoms with Gasteiger partial charge in [-0.25, -0.2) is 4.98 Å². The molecule has 6 nitrogen and oxygen atoms in total. The summed E-state index contributed by atoms with van der Waals surface area (Å²) >= 11 is 0. The van der Waals surface area contributed by atoms with Crippen molar-refractivity contribution in [3.63, 3.8) is 0 Å². The van der Waals surface area contributed by atoms with Gasteiger partial charge in [-0.05, 0) is 44.8 Å². The molecule has 0 saturated heterocycles. The number of nitrogens with one attached hydrogen (secondary N) is 1. The highest BCUT2D eigenvalue weighted by Gasteiger charge is 2.18. The highest BCUT2D eigenvalue weighted by atomic mass is 16.3. The molecular weight excluding hydrogens is 304 g/mol. The molecule has 24 heavy (non-hydrogen) atoms. The fourth-order valence-electron chi connectivity index (χ4n) is 2.75. The Morgan fingerprint density at radius 1 is 1.38 bits per heavy atom. The Morgan fingerprint density at radius 3 is 2.88 bits per heavy atom. The third-order valence-electron chi connectivity index (χ3n) is 4.06. The van der Waals surface area contributed by atoms with Crippen molar-refractivity contribution in [2.45, 2.75) is 19.4 Å². The molecule has 0 spiro atoms. The molecule has 1 atom stereocenters. The van der Waals surface area contributed by atoms with Gasteiger partial charge in [0.05, 0.1) is 24.4 Å². The lowest BCUT2D eigenvalue weighted by Gasteiger charge is -2.22. The second kappa shape index (κ2) is 6.88.